The first kappa shape index (κ1) is 11.9. The van der Waals surface area contributed by atoms with Crippen molar-refractivity contribution in [1.82, 2.24) is 0 Å². The summed E-state index contributed by atoms with van der Waals surface area (Å²) in [7, 11) is 0. The van der Waals surface area contributed by atoms with Gasteiger partial charge in [-0.05, 0) is 35.4 Å². The van der Waals surface area contributed by atoms with Gasteiger partial charge in [-0.25, -0.2) is 0 Å². The molecule has 0 saturated heterocycles. The average Bonchev–Trinajstić information content (AvgIpc) is 2.71. The van der Waals surface area contributed by atoms with Gasteiger partial charge in [0.2, 0.25) is 0 Å². The smallest absolute Gasteiger partial charge is 0.127 e. The van der Waals surface area contributed by atoms with Crippen molar-refractivity contribution in [3.05, 3.63) is 27.7 Å². The zero-order valence-electron chi connectivity index (χ0n) is 10.1. The van der Waals surface area contributed by atoms with Gasteiger partial charge in [-0.15, -0.1) is 11.6 Å². The highest BCUT2D eigenvalue weighted by atomic mass is 79.9. The molecule has 0 bridgehead atoms. The molecule has 1 aromatic carbocycles. The van der Waals surface area contributed by atoms with Gasteiger partial charge in [-0.2, -0.15) is 0 Å². The normalized spacial score (nSPS) is 26.2. The van der Waals surface area contributed by atoms with Crippen molar-refractivity contribution in [1.29, 1.82) is 0 Å². The van der Waals surface area contributed by atoms with Gasteiger partial charge in [-0.3, -0.25) is 0 Å². The Bertz CT molecular complexity index is 470. The Balaban J connectivity index is 1.98. The Morgan fingerprint density at radius 2 is 2.18 bits per heavy atom. The highest BCUT2D eigenvalue weighted by molar-refractivity contribution is 9.10. The van der Waals surface area contributed by atoms with E-state index in [2.05, 4.69) is 41.9 Å². The van der Waals surface area contributed by atoms with E-state index >= 15 is 0 Å². The van der Waals surface area contributed by atoms with Gasteiger partial charge < -0.3 is 4.74 Å². The van der Waals surface area contributed by atoms with Gasteiger partial charge in [0.25, 0.3) is 0 Å². The zero-order valence-corrected chi connectivity index (χ0v) is 12.4. The number of ether oxygens (including phenoxy) is 1. The largest absolute Gasteiger partial charge is 0.493 e. The number of fused-ring (bicyclic) bond motifs is 1. The molecule has 1 nitrogen and oxygen atoms in total. The van der Waals surface area contributed by atoms with Gasteiger partial charge in [0.1, 0.15) is 5.75 Å². The number of halogens is 2. The quantitative estimate of drug-likeness (QED) is 0.718. The average molecular weight is 316 g/mol. The zero-order chi connectivity index (χ0) is 12.2. The molecule has 3 heteroatoms. The third-order valence-electron chi connectivity index (χ3n) is 4.02. The lowest BCUT2D eigenvalue weighted by Crippen LogP contribution is -2.01. The molecule has 17 heavy (non-hydrogen) atoms. The van der Waals surface area contributed by atoms with Crippen LogP contribution in [0.25, 0.3) is 0 Å². The number of alkyl halides is 1. The summed E-state index contributed by atoms with van der Waals surface area (Å²) in [6.45, 7) is 5.36. The second kappa shape index (κ2) is 3.89. The van der Waals surface area contributed by atoms with Crippen LogP contribution in [0, 0.1) is 11.3 Å². The van der Waals surface area contributed by atoms with Gasteiger partial charge in [0, 0.05) is 16.5 Å². The fraction of sp³-hybridized carbons (Fsp3) is 0.571. The summed E-state index contributed by atoms with van der Waals surface area (Å²) >= 11 is 10.2. The van der Waals surface area contributed by atoms with Crippen LogP contribution in [0.5, 0.6) is 5.75 Å². The first-order valence-corrected chi connectivity index (χ1v) is 7.31. The minimum Gasteiger partial charge on any atom is -0.493 e. The molecular formula is C14H16BrClO. The van der Waals surface area contributed by atoms with Crippen LogP contribution in [0.4, 0.5) is 0 Å². The number of hydrogen-bond acceptors (Lipinski definition) is 1. The molecule has 0 aromatic heterocycles. The molecule has 1 saturated carbocycles. The van der Waals surface area contributed by atoms with E-state index in [-0.39, 0.29) is 5.38 Å². The van der Waals surface area contributed by atoms with Crippen molar-refractivity contribution in [2.24, 2.45) is 11.3 Å². The molecule has 2 unspecified atom stereocenters. The van der Waals surface area contributed by atoms with E-state index < -0.39 is 0 Å². The number of rotatable bonds is 2. The lowest BCUT2D eigenvalue weighted by atomic mass is 9.99. The first-order chi connectivity index (χ1) is 7.99. The Kier molecular flexibility index (Phi) is 2.71. The number of benzene rings is 1. The lowest BCUT2D eigenvalue weighted by Gasteiger charge is -2.16. The van der Waals surface area contributed by atoms with Gasteiger partial charge in [0.05, 0.1) is 12.0 Å². The van der Waals surface area contributed by atoms with Crippen molar-refractivity contribution in [3.63, 3.8) is 0 Å². The second-order valence-corrected chi connectivity index (χ2v) is 7.17. The Morgan fingerprint density at radius 1 is 1.47 bits per heavy atom. The maximum absolute atomic E-state index is 6.64. The van der Waals surface area contributed by atoms with Crippen LogP contribution in [-0.4, -0.2) is 6.61 Å². The summed E-state index contributed by atoms with van der Waals surface area (Å²) in [5, 5.41) is 0.0781. The third-order valence-corrected chi connectivity index (χ3v) is 5.01. The van der Waals surface area contributed by atoms with Gasteiger partial charge in [-0.1, -0.05) is 29.8 Å². The maximum atomic E-state index is 6.64. The minimum absolute atomic E-state index is 0.0781. The molecule has 2 aliphatic rings. The molecule has 3 rings (SSSR count). The molecule has 92 valence electrons. The fourth-order valence-corrected chi connectivity index (χ4v) is 3.84. The summed E-state index contributed by atoms with van der Waals surface area (Å²) in [6, 6.07) is 4.27. The Labute approximate surface area is 116 Å². The first-order valence-electron chi connectivity index (χ1n) is 6.08. The van der Waals surface area contributed by atoms with E-state index in [0.717, 1.165) is 23.2 Å². The highest BCUT2D eigenvalue weighted by Gasteiger charge is 2.50. The molecule has 0 radical (unpaired) electrons. The van der Waals surface area contributed by atoms with Crippen LogP contribution >= 0.6 is 27.5 Å². The van der Waals surface area contributed by atoms with E-state index in [0.29, 0.717) is 11.3 Å². The predicted octanol–water partition coefficient (Wildman–Crippen LogP) is 4.71. The molecule has 2 atom stereocenters. The molecule has 1 aliphatic carbocycles. The van der Waals surface area contributed by atoms with Crippen LogP contribution in [0.3, 0.4) is 0 Å². The van der Waals surface area contributed by atoms with E-state index in [9.17, 15) is 0 Å². The Hall–Kier alpha value is -0.210. The molecule has 0 amide bonds. The van der Waals surface area contributed by atoms with Crippen LogP contribution < -0.4 is 4.74 Å². The van der Waals surface area contributed by atoms with Crippen molar-refractivity contribution in [2.75, 3.05) is 6.61 Å². The lowest BCUT2D eigenvalue weighted by molar-refractivity contribution is 0.351. The summed E-state index contributed by atoms with van der Waals surface area (Å²) in [5.74, 6) is 1.61. The summed E-state index contributed by atoms with van der Waals surface area (Å²) in [4.78, 5) is 0. The van der Waals surface area contributed by atoms with Crippen molar-refractivity contribution in [3.8, 4) is 5.75 Å². The second-order valence-electron chi connectivity index (χ2n) is 5.78. The summed E-state index contributed by atoms with van der Waals surface area (Å²) in [6.07, 6.45) is 2.21. The topological polar surface area (TPSA) is 9.23 Å². The molecule has 1 heterocycles. The third kappa shape index (κ3) is 2.00. The van der Waals surface area contributed by atoms with E-state index in [1.165, 1.54) is 17.5 Å². The summed E-state index contributed by atoms with van der Waals surface area (Å²) in [5.41, 5.74) is 2.85. The van der Waals surface area contributed by atoms with Crippen molar-refractivity contribution in [2.45, 2.75) is 32.1 Å². The monoisotopic (exact) mass is 314 g/mol. The number of hydrogen-bond donors (Lipinski definition) is 0. The van der Waals surface area contributed by atoms with Crippen molar-refractivity contribution < 1.29 is 4.74 Å². The van der Waals surface area contributed by atoms with Gasteiger partial charge in [0.15, 0.2) is 0 Å². The standard InChI is InChI=1S/C14H16BrClO/c1-14(2)7-11(14)12(16)10-6-9(15)5-8-3-4-17-13(8)10/h5-6,11-12H,3-4,7H2,1-2H3. The molecule has 0 spiro atoms. The molecule has 1 aromatic rings. The SMILES string of the molecule is CC1(C)CC1C(Cl)c1cc(Br)cc2c1OCC2. The van der Waals surface area contributed by atoms with Crippen molar-refractivity contribution >= 4 is 27.5 Å². The highest BCUT2D eigenvalue weighted by Crippen LogP contribution is 2.61. The minimum atomic E-state index is 0.0781. The summed E-state index contributed by atoms with van der Waals surface area (Å²) < 4.78 is 6.86. The van der Waals surface area contributed by atoms with E-state index in [1.54, 1.807) is 0 Å². The van der Waals surface area contributed by atoms with Crippen LogP contribution in [-0.2, 0) is 6.42 Å². The van der Waals surface area contributed by atoms with E-state index in [1.807, 2.05) is 0 Å². The molecule has 0 N–H and O–H groups in total. The molecule has 1 fully saturated rings. The van der Waals surface area contributed by atoms with Crippen LogP contribution in [0.15, 0.2) is 16.6 Å². The predicted molar refractivity (Wildman–Crippen MR) is 73.8 cm³/mol. The van der Waals surface area contributed by atoms with Gasteiger partial charge >= 0.3 is 0 Å². The maximum Gasteiger partial charge on any atom is 0.127 e. The van der Waals surface area contributed by atoms with Crippen LogP contribution in [0.1, 0.15) is 36.8 Å². The van der Waals surface area contributed by atoms with E-state index in [4.69, 9.17) is 16.3 Å². The Morgan fingerprint density at radius 3 is 2.82 bits per heavy atom. The molecular weight excluding hydrogens is 300 g/mol. The molecule has 1 aliphatic heterocycles. The fourth-order valence-electron chi connectivity index (χ4n) is 2.73. The van der Waals surface area contributed by atoms with Crippen LogP contribution in [0.2, 0.25) is 0 Å².